The van der Waals surface area contributed by atoms with Gasteiger partial charge in [-0.2, -0.15) is 5.10 Å². The first-order valence-electron chi connectivity index (χ1n) is 11.6. The Kier molecular flexibility index (Phi) is 6.19. The third-order valence-electron chi connectivity index (χ3n) is 6.67. The number of rotatable bonds is 7. The van der Waals surface area contributed by atoms with Gasteiger partial charge >= 0.3 is 5.97 Å². The molecule has 1 aliphatic heterocycles. The Morgan fingerprint density at radius 3 is 2.69 bits per heavy atom. The van der Waals surface area contributed by atoms with E-state index in [-0.39, 0.29) is 29.3 Å². The third-order valence-corrected chi connectivity index (χ3v) is 6.67. The number of nitrogens with two attached hydrogens (primary N) is 1. The first-order chi connectivity index (χ1) is 17.4. The maximum atomic E-state index is 15.4. The largest absolute Gasteiger partial charge is 0.492 e. The van der Waals surface area contributed by atoms with E-state index in [0.29, 0.717) is 25.2 Å². The van der Waals surface area contributed by atoms with Gasteiger partial charge in [-0.05, 0) is 48.7 Å². The van der Waals surface area contributed by atoms with Crippen molar-refractivity contribution in [1.29, 1.82) is 0 Å². The van der Waals surface area contributed by atoms with Crippen LogP contribution in [0.15, 0.2) is 59.8 Å². The van der Waals surface area contributed by atoms with Crippen molar-refractivity contribution in [2.24, 2.45) is 11.7 Å². The number of methoxy groups -OCH3 is 1. The van der Waals surface area contributed by atoms with E-state index in [4.69, 9.17) is 10.5 Å². The van der Waals surface area contributed by atoms with Gasteiger partial charge in [0.1, 0.15) is 11.3 Å². The molecule has 1 atom stereocenters. The van der Waals surface area contributed by atoms with Crippen LogP contribution in [-0.4, -0.2) is 52.2 Å². The van der Waals surface area contributed by atoms with Crippen molar-refractivity contribution in [3.8, 4) is 11.4 Å². The van der Waals surface area contributed by atoms with Crippen molar-refractivity contribution in [3.05, 3.63) is 82.2 Å². The summed E-state index contributed by atoms with van der Waals surface area (Å²) >= 11 is 0. The van der Waals surface area contributed by atoms with E-state index in [9.17, 15) is 14.7 Å². The van der Waals surface area contributed by atoms with Gasteiger partial charge in [-0.25, -0.2) is 13.9 Å². The Balaban J connectivity index is 1.67. The second kappa shape index (κ2) is 9.46. The van der Waals surface area contributed by atoms with Crippen LogP contribution in [0.25, 0.3) is 16.6 Å². The summed E-state index contributed by atoms with van der Waals surface area (Å²) < 4.78 is 24.5. The van der Waals surface area contributed by atoms with E-state index < -0.39 is 22.8 Å². The Labute approximate surface area is 206 Å². The zero-order chi connectivity index (χ0) is 25.4. The number of fused-ring (bicyclic) bond motifs is 1. The Morgan fingerprint density at radius 1 is 1.31 bits per heavy atom. The van der Waals surface area contributed by atoms with Crippen molar-refractivity contribution in [1.82, 2.24) is 14.3 Å². The number of halogens is 1. The number of ether oxygens (including phenoxy) is 1. The molecule has 3 heterocycles. The highest BCUT2D eigenvalue weighted by atomic mass is 19.1. The lowest BCUT2D eigenvalue weighted by molar-refractivity contribution is 0.0695. The molecule has 0 radical (unpaired) electrons. The Bertz CT molecular complexity index is 1480. The van der Waals surface area contributed by atoms with E-state index >= 15 is 4.39 Å². The number of carboxylic acids is 1. The second-order valence-electron chi connectivity index (χ2n) is 8.89. The molecule has 1 aliphatic rings. The van der Waals surface area contributed by atoms with Gasteiger partial charge in [0.15, 0.2) is 11.6 Å². The van der Waals surface area contributed by atoms with Crippen LogP contribution in [-0.2, 0) is 6.54 Å². The number of hydrogen-bond donors (Lipinski definition) is 2. The quantitative estimate of drug-likeness (QED) is 0.408. The highest BCUT2D eigenvalue weighted by Gasteiger charge is 2.29. The van der Waals surface area contributed by atoms with E-state index in [0.717, 1.165) is 23.7 Å². The summed E-state index contributed by atoms with van der Waals surface area (Å²) in [5, 5.41) is 13.8. The van der Waals surface area contributed by atoms with Crippen LogP contribution in [0.1, 0.15) is 22.3 Å². The molecule has 186 valence electrons. The molecule has 1 fully saturated rings. The van der Waals surface area contributed by atoms with E-state index in [1.165, 1.54) is 13.3 Å². The Hall–Kier alpha value is -4.18. The molecule has 0 saturated carbocycles. The predicted molar refractivity (Wildman–Crippen MR) is 134 cm³/mol. The molecular formula is C26H26FN5O4. The predicted octanol–water partition coefficient (Wildman–Crippen LogP) is 2.87. The topological polar surface area (TPSA) is 116 Å². The zero-order valence-corrected chi connectivity index (χ0v) is 19.7. The summed E-state index contributed by atoms with van der Waals surface area (Å²) in [6.07, 6.45) is 5.64. The van der Waals surface area contributed by atoms with Crippen LogP contribution in [0.5, 0.6) is 5.75 Å². The van der Waals surface area contributed by atoms with E-state index in [1.807, 2.05) is 41.4 Å². The van der Waals surface area contributed by atoms with Crippen molar-refractivity contribution in [3.63, 3.8) is 0 Å². The molecule has 2 aromatic heterocycles. The fourth-order valence-corrected chi connectivity index (χ4v) is 4.85. The number of hydrogen-bond acceptors (Lipinski definition) is 6. The molecule has 9 nitrogen and oxygen atoms in total. The summed E-state index contributed by atoms with van der Waals surface area (Å²) in [6.45, 7) is 1.91. The number of anilines is 1. The summed E-state index contributed by atoms with van der Waals surface area (Å²) in [5.41, 5.74) is 6.96. The van der Waals surface area contributed by atoms with Crippen LogP contribution < -0.4 is 20.8 Å². The average Bonchev–Trinajstić information content (AvgIpc) is 3.58. The fourth-order valence-electron chi connectivity index (χ4n) is 4.85. The molecule has 0 bridgehead atoms. The number of aromatic nitrogens is 3. The standard InChI is InChI=1S/C26H26FN5O4/c1-36-25-22-19(11-21(27)23(25)30-10-7-17(12-28)14-30)24(33)20(26(34)35)15-31(22)13-16-3-5-18(6-4-16)32-9-2-8-29-32/h2-6,8-9,11,15,17H,7,10,12-14,28H2,1H3,(H,34,35). The second-order valence-corrected chi connectivity index (χ2v) is 8.89. The molecule has 0 spiro atoms. The van der Waals surface area contributed by atoms with Crippen LogP contribution in [0.3, 0.4) is 0 Å². The van der Waals surface area contributed by atoms with Gasteiger partial charge in [-0.3, -0.25) is 4.79 Å². The fraction of sp³-hybridized carbons (Fsp3) is 0.269. The molecule has 36 heavy (non-hydrogen) atoms. The molecule has 10 heteroatoms. The van der Waals surface area contributed by atoms with Gasteiger partial charge in [0.2, 0.25) is 5.43 Å². The van der Waals surface area contributed by atoms with Gasteiger partial charge in [0, 0.05) is 38.2 Å². The maximum absolute atomic E-state index is 15.4. The van der Waals surface area contributed by atoms with Gasteiger partial charge in [-0.15, -0.1) is 0 Å². The van der Waals surface area contributed by atoms with Gasteiger partial charge < -0.3 is 25.0 Å². The number of aromatic carboxylic acids is 1. The number of benzene rings is 2. The highest BCUT2D eigenvalue weighted by molar-refractivity contribution is 5.97. The summed E-state index contributed by atoms with van der Waals surface area (Å²) in [6, 6.07) is 10.5. The summed E-state index contributed by atoms with van der Waals surface area (Å²) in [7, 11) is 1.42. The summed E-state index contributed by atoms with van der Waals surface area (Å²) in [4.78, 5) is 26.8. The highest BCUT2D eigenvalue weighted by Crippen LogP contribution is 2.40. The van der Waals surface area contributed by atoms with E-state index in [2.05, 4.69) is 5.10 Å². The molecule has 0 aliphatic carbocycles. The van der Waals surface area contributed by atoms with Crippen LogP contribution in [0.2, 0.25) is 0 Å². The lowest BCUT2D eigenvalue weighted by Gasteiger charge is -2.25. The van der Waals surface area contributed by atoms with Crippen molar-refractivity contribution in [2.45, 2.75) is 13.0 Å². The van der Waals surface area contributed by atoms with Gasteiger partial charge in [0.05, 0.1) is 23.7 Å². The molecule has 2 aromatic carbocycles. The van der Waals surface area contributed by atoms with Crippen molar-refractivity contribution in [2.75, 3.05) is 31.6 Å². The molecule has 3 N–H and O–H groups in total. The minimum atomic E-state index is -1.38. The monoisotopic (exact) mass is 491 g/mol. The minimum Gasteiger partial charge on any atom is -0.492 e. The smallest absolute Gasteiger partial charge is 0.341 e. The third kappa shape index (κ3) is 4.09. The lowest BCUT2D eigenvalue weighted by Crippen LogP contribution is -2.25. The zero-order valence-electron chi connectivity index (χ0n) is 19.7. The van der Waals surface area contributed by atoms with Gasteiger partial charge in [-0.1, -0.05) is 12.1 Å². The first-order valence-corrected chi connectivity index (χ1v) is 11.6. The van der Waals surface area contributed by atoms with Crippen LogP contribution >= 0.6 is 0 Å². The summed E-state index contributed by atoms with van der Waals surface area (Å²) in [5.74, 6) is -1.58. The van der Waals surface area contributed by atoms with E-state index in [1.54, 1.807) is 15.4 Å². The van der Waals surface area contributed by atoms with Crippen LogP contribution in [0, 0.1) is 11.7 Å². The number of pyridine rings is 1. The SMILES string of the molecule is COc1c(N2CCC(CN)C2)c(F)cc2c(=O)c(C(=O)O)cn(Cc3ccc(-n4cccn4)cc3)c12. The van der Waals surface area contributed by atoms with Gasteiger partial charge in [0.25, 0.3) is 0 Å². The molecule has 1 unspecified atom stereocenters. The number of carboxylic acid groups (broad SMARTS) is 1. The molecule has 1 saturated heterocycles. The Morgan fingerprint density at radius 2 is 2.08 bits per heavy atom. The average molecular weight is 492 g/mol. The molecule has 0 amide bonds. The first kappa shape index (κ1) is 23.6. The van der Waals surface area contributed by atoms with Crippen LogP contribution in [0.4, 0.5) is 10.1 Å². The minimum absolute atomic E-state index is 0.0456. The number of nitrogens with zero attached hydrogens (tertiary/aromatic N) is 4. The lowest BCUT2D eigenvalue weighted by atomic mass is 10.1. The normalized spacial score (nSPS) is 15.5. The maximum Gasteiger partial charge on any atom is 0.341 e. The van der Waals surface area contributed by atoms with Crippen molar-refractivity contribution < 1.29 is 19.0 Å². The van der Waals surface area contributed by atoms with Crippen molar-refractivity contribution >= 4 is 22.6 Å². The molecule has 4 aromatic rings. The number of carbonyl (C=O) groups is 1. The molecular weight excluding hydrogens is 465 g/mol. The molecule has 5 rings (SSSR count).